The highest BCUT2D eigenvalue weighted by atomic mass is 19.4. The van der Waals surface area contributed by atoms with Crippen molar-refractivity contribution in [1.29, 1.82) is 5.26 Å². The second-order valence-electron chi connectivity index (χ2n) is 7.29. The Morgan fingerprint density at radius 1 is 1.19 bits per heavy atom. The first-order valence-corrected chi connectivity index (χ1v) is 9.62. The van der Waals surface area contributed by atoms with E-state index in [-0.39, 0.29) is 23.2 Å². The second kappa shape index (κ2) is 7.91. The fraction of sp³-hybridized carbons (Fsp3) is 0.333. The van der Waals surface area contributed by atoms with Crippen LogP contribution in [0.25, 0.3) is 11.0 Å². The van der Waals surface area contributed by atoms with Crippen molar-refractivity contribution >= 4 is 16.7 Å². The molecule has 0 spiro atoms. The number of aromatic nitrogens is 3. The molecule has 0 saturated carbocycles. The molecule has 160 valence electrons. The third-order valence-corrected chi connectivity index (χ3v) is 5.32. The number of fused-ring (bicyclic) bond motifs is 1. The van der Waals surface area contributed by atoms with E-state index in [4.69, 9.17) is 4.74 Å². The molecule has 3 aromatic rings. The van der Waals surface area contributed by atoms with E-state index >= 15 is 0 Å². The lowest BCUT2D eigenvalue weighted by molar-refractivity contribution is -0.137. The van der Waals surface area contributed by atoms with E-state index in [2.05, 4.69) is 9.97 Å². The molecule has 0 aliphatic carbocycles. The largest absolute Gasteiger partial charge is 0.474 e. The molecule has 7 nitrogen and oxygen atoms in total. The van der Waals surface area contributed by atoms with Crippen molar-refractivity contribution in [1.82, 2.24) is 14.5 Å². The predicted octanol–water partition coefficient (Wildman–Crippen LogP) is 3.27. The van der Waals surface area contributed by atoms with Gasteiger partial charge in [-0.15, -0.1) is 0 Å². The Morgan fingerprint density at radius 3 is 2.55 bits per heavy atom. The SMILES string of the molecule is Cn1c(=O)cc(N2CCC(Oc3ccc(C(F)(F)F)cn3)CC2)c2nc(C#N)ccc21. The summed E-state index contributed by atoms with van der Waals surface area (Å²) in [5.41, 5.74) is 1.12. The van der Waals surface area contributed by atoms with Gasteiger partial charge < -0.3 is 14.2 Å². The van der Waals surface area contributed by atoms with Gasteiger partial charge in [-0.25, -0.2) is 9.97 Å². The molecular weight excluding hydrogens is 411 g/mol. The average molecular weight is 429 g/mol. The van der Waals surface area contributed by atoms with Gasteiger partial charge in [0.1, 0.15) is 23.4 Å². The van der Waals surface area contributed by atoms with Crippen LogP contribution in [0.1, 0.15) is 24.1 Å². The van der Waals surface area contributed by atoms with Crippen molar-refractivity contribution in [3.63, 3.8) is 0 Å². The monoisotopic (exact) mass is 429 g/mol. The Bertz CT molecular complexity index is 1210. The van der Waals surface area contributed by atoms with E-state index < -0.39 is 11.7 Å². The third-order valence-electron chi connectivity index (χ3n) is 5.32. The Morgan fingerprint density at radius 2 is 1.94 bits per heavy atom. The summed E-state index contributed by atoms with van der Waals surface area (Å²) in [7, 11) is 1.65. The highest BCUT2D eigenvalue weighted by molar-refractivity contribution is 5.88. The summed E-state index contributed by atoms with van der Waals surface area (Å²) < 4.78 is 45.2. The van der Waals surface area contributed by atoms with Crippen LogP contribution >= 0.6 is 0 Å². The normalized spacial score (nSPS) is 15.1. The number of nitrogens with zero attached hydrogens (tertiary/aromatic N) is 5. The van der Waals surface area contributed by atoms with Gasteiger partial charge in [-0.05, 0) is 18.2 Å². The van der Waals surface area contributed by atoms with Crippen LogP contribution in [0.4, 0.5) is 18.9 Å². The molecule has 4 rings (SSSR count). The molecule has 1 fully saturated rings. The minimum Gasteiger partial charge on any atom is -0.474 e. The van der Waals surface area contributed by atoms with Gasteiger partial charge >= 0.3 is 6.18 Å². The maximum absolute atomic E-state index is 12.7. The van der Waals surface area contributed by atoms with Crippen molar-refractivity contribution in [3.05, 3.63) is 58.1 Å². The first-order valence-electron chi connectivity index (χ1n) is 9.62. The molecule has 0 unspecified atom stereocenters. The van der Waals surface area contributed by atoms with Gasteiger partial charge in [0.05, 0.1) is 16.8 Å². The van der Waals surface area contributed by atoms with Crippen LogP contribution in [0.15, 0.2) is 41.3 Å². The molecule has 10 heteroatoms. The topological polar surface area (TPSA) is 84.0 Å². The molecule has 0 bridgehead atoms. The summed E-state index contributed by atoms with van der Waals surface area (Å²) in [5.74, 6) is 0.144. The van der Waals surface area contributed by atoms with E-state index in [0.29, 0.717) is 42.7 Å². The van der Waals surface area contributed by atoms with E-state index in [1.165, 1.54) is 16.7 Å². The van der Waals surface area contributed by atoms with E-state index in [1.54, 1.807) is 19.2 Å². The number of hydrogen-bond donors (Lipinski definition) is 0. The molecule has 1 aliphatic rings. The smallest absolute Gasteiger partial charge is 0.417 e. The number of nitriles is 1. The third kappa shape index (κ3) is 4.17. The summed E-state index contributed by atoms with van der Waals surface area (Å²) in [5, 5.41) is 9.18. The Hall–Kier alpha value is -3.61. The fourth-order valence-electron chi connectivity index (χ4n) is 3.62. The Labute approximate surface area is 175 Å². The number of halogens is 3. The number of rotatable bonds is 3. The van der Waals surface area contributed by atoms with Crippen molar-refractivity contribution in [2.24, 2.45) is 7.05 Å². The molecule has 0 amide bonds. The van der Waals surface area contributed by atoms with Crippen LogP contribution in [-0.4, -0.2) is 33.7 Å². The molecule has 3 aromatic heterocycles. The van der Waals surface area contributed by atoms with Crippen LogP contribution in [-0.2, 0) is 13.2 Å². The number of piperidine rings is 1. The molecule has 31 heavy (non-hydrogen) atoms. The lowest BCUT2D eigenvalue weighted by atomic mass is 10.1. The van der Waals surface area contributed by atoms with Gasteiger partial charge in [0.2, 0.25) is 5.88 Å². The highest BCUT2D eigenvalue weighted by Gasteiger charge is 2.31. The molecular formula is C21H18F3N5O2. The van der Waals surface area contributed by atoms with Crippen molar-refractivity contribution in [2.45, 2.75) is 25.1 Å². The molecule has 0 atom stereocenters. The first kappa shape index (κ1) is 20.7. The minimum atomic E-state index is -4.44. The Kier molecular flexibility index (Phi) is 5.27. The lowest BCUT2D eigenvalue weighted by Gasteiger charge is -2.33. The second-order valence-corrected chi connectivity index (χ2v) is 7.29. The van der Waals surface area contributed by atoms with Gasteiger partial charge in [0.15, 0.2) is 0 Å². The van der Waals surface area contributed by atoms with Crippen LogP contribution < -0.4 is 15.2 Å². The van der Waals surface area contributed by atoms with Crippen LogP contribution in [0.2, 0.25) is 0 Å². The molecule has 0 N–H and O–H groups in total. The van der Waals surface area contributed by atoms with Crippen molar-refractivity contribution < 1.29 is 17.9 Å². The number of pyridine rings is 3. The van der Waals surface area contributed by atoms with E-state index in [0.717, 1.165) is 12.3 Å². The van der Waals surface area contributed by atoms with Gasteiger partial charge in [0, 0.05) is 51.3 Å². The van der Waals surface area contributed by atoms with Gasteiger partial charge in [0.25, 0.3) is 5.56 Å². The summed E-state index contributed by atoms with van der Waals surface area (Å²) in [6.07, 6.45) is -2.70. The first-order chi connectivity index (χ1) is 14.8. The zero-order valence-electron chi connectivity index (χ0n) is 16.6. The summed E-state index contributed by atoms with van der Waals surface area (Å²) in [4.78, 5) is 22.5. The Balaban J connectivity index is 1.50. The summed E-state index contributed by atoms with van der Waals surface area (Å²) in [6, 6.07) is 8.97. The predicted molar refractivity (Wildman–Crippen MR) is 107 cm³/mol. The minimum absolute atomic E-state index is 0.144. The molecule has 4 heterocycles. The maximum Gasteiger partial charge on any atom is 0.417 e. The number of ether oxygens (including phenoxy) is 1. The lowest BCUT2D eigenvalue weighted by Crippen LogP contribution is -2.39. The molecule has 1 aliphatic heterocycles. The maximum atomic E-state index is 12.7. The van der Waals surface area contributed by atoms with Crippen molar-refractivity contribution in [3.8, 4) is 11.9 Å². The highest BCUT2D eigenvalue weighted by Crippen LogP contribution is 2.30. The number of anilines is 1. The van der Waals surface area contributed by atoms with E-state index in [1.807, 2.05) is 11.0 Å². The number of aryl methyl sites for hydroxylation is 1. The quantitative estimate of drug-likeness (QED) is 0.636. The van der Waals surface area contributed by atoms with Gasteiger partial charge in [-0.2, -0.15) is 18.4 Å². The van der Waals surface area contributed by atoms with Gasteiger partial charge in [-0.1, -0.05) is 0 Å². The van der Waals surface area contributed by atoms with E-state index in [9.17, 15) is 23.2 Å². The molecule has 0 aromatic carbocycles. The molecule has 1 saturated heterocycles. The van der Waals surface area contributed by atoms with Gasteiger partial charge in [-0.3, -0.25) is 4.79 Å². The standard InChI is InChI=1S/C21H18F3N5O2/c1-28-16-4-3-14(11-25)27-20(16)17(10-19(28)30)29-8-6-15(7-9-29)31-18-5-2-13(12-26-18)21(22,23)24/h2-5,10,12,15H,6-9H2,1H3. The summed E-state index contributed by atoms with van der Waals surface area (Å²) >= 11 is 0. The molecule has 0 radical (unpaired) electrons. The zero-order chi connectivity index (χ0) is 22.2. The van der Waals surface area contributed by atoms with Crippen LogP contribution in [0.3, 0.4) is 0 Å². The van der Waals surface area contributed by atoms with Crippen molar-refractivity contribution in [2.75, 3.05) is 18.0 Å². The van der Waals surface area contributed by atoms with Crippen LogP contribution in [0.5, 0.6) is 5.88 Å². The fourth-order valence-corrected chi connectivity index (χ4v) is 3.62. The summed E-state index contributed by atoms with van der Waals surface area (Å²) in [6.45, 7) is 1.12. The number of alkyl halides is 3. The zero-order valence-corrected chi connectivity index (χ0v) is 16.6. The van der Waals surface area contributed by atoms with Crippen LogP contribution in [0, 0.1) is 11.3 Å². The average Bonchev–Trinajstić information content (AvgIpc) is 2.76. The number of hydrogen-bond acceptors (Lipinski definition) is 6.